The first kappa shape index (κ1) is 15.2. The molecule has 1 aromatic heterocycles. The third-order valence-electron chi connectivity index (χ3n) is 2.67. The maximum absolute atomic E-state index is 13.7. The molecule has 0 fully saturated rings. The van der Waals surface area contributed by atoms with Crippen molar-refractivity contribution in [3.05, 3.63) is 50.1 Å². The Morgan fingerprint density at radius 2 is 2.00 bits per heavy atom. The Hall–Kier alpha value is -2.22. The van der Waals surface area contributed by atoms with E-state index in [1.165, 1.54) is 0 Å². The van der Waals surface area contributed by atoms with E-state index in [2.05, 4.69) is 15.6 Å². The molecule has 0 unspecified atom stereocenters. The standard InChI is InChI=1S/C13H13F2N3O2S/c1-2-16-11-9(14)3-7(4-10(11)15)12(19)17-5-8-6-21-13(20)18-8/h3-4,6,16H,2,5H2,1H3,(H,17,19)(H,18,20). The molecule has 1 amide bonds. The lowest BCUT2D eigenvalue weighted by molar-refractivity contribution is 0.0949. The fourth-order valence-corrected chi connectivity index (χ4v) is 2.31. The number of nitrogens with one attached hydrogen (secondary N) is 3. The van der Waals surface area contributed by atoms with Gasteiger partial charge in [0.1, 0.15) is 17.3 Å². The highest BCUT2D eigenvalue weighted by molar-refractivity contribution is 7.07. The summed E-state index contributed by atoms with van der Waals surface area (Å²) in [6, 6.07) is 1.93. The minimum Gasteiger partial charge on any atom is -0.381 e. The van der Waals surface area contributed by atoms with E-state index in [1.54, 1.807) is 12.3 Å². The average molecular weight is 313 g/mol. The number of aromatic nitrogens is 1. The van der Waals surface area contributed by atoms with Crippen LogP contribution in [0.1, 0.15) is 23.0 Å². The summed E-state index contributed by atoms with van der Waals surface area (Å²) in [5.74, 6) is -2.28. The number of carbonyl (C=O) groups is 1. The number of halogens is 2. The third kappa shape index (κ3) is 3.66. The van der Waals surface area contributed by atoms with E-state index in [0.717, 1.165) is 23.5 Å². The number of rotatable bonds is 5. The van der Waals surface area contributed by atoms with Crippen LogP contribution in [0.15, 0.2) is 22.3 Å². The maximum atomic E-state index is 13.7. The first-order valence-electron chi connectivity index (χ1n) is 6.19. The number of H-pyrrole nitrogens is 1. The van der Waals surface area contributed by atoms with Crippen LogP contribution in [-0.2, 0) is 6.54 Å². The predicted molar refractivity (Wildman–Crippen MR) is 76.6 cm³/mol. The van der Waals surface area contributed by atoms with Gasteiger partial charge in [0, 0.05) is 23.2 Å². The van der Waals surface area contributed by atoms with Gasteiger partial charge in [-0.15, -0.1) is 0 Å². The summed E-state index contributed by atoms with van der Waals surface area (Å²) < 4.78 is 27.4. The molecule has 0 aliphatic heterocycles. The lowest BCUT2D eigenvalue weighted by Gasteiger charge is -2.09. The van der Waals surface area contributed by atoms with Gasteiger partial charge in [0.05, 0.1) is 6.54 Å². The molecule has 0 bridgehead atoms. The summed E-state index contributed by atoms with van der Waals surface area (Å²) in [6.07, 6.45) is 0. The van der Waals surface area contributed by atoms with E-state index >= 15 is 0 Å². The van der Waals surface area contributed by atoms with Gasteiger partial charge in [-0.3, -0.25) is 9.59 Å². The minimum atomic E-state index is -0.828. The molecular formula is C13H13F2N3O2S. The average Bonchev–Trinajstić information content (AvgIpc) is 2.85. The molecule has 0 atom stereocenters. The smallest absolute Gasteiger partial charge is 0.304 e. The number of thiazole rings is 1. The van der Waals surface area contributed by atoms with Gasteiger partial charge in [0.15, 0.2) is 0 Å². The van der Waals surface area contributed by atoms with Crippen molar-refractivity contribution in [2.45, 2.75) is 13.5 Å². The van der Waals surface area contributed by atoms with Crippen LogP contribution in [0.4, 0.5) is 14.5 Å². The van der Waals surface area contributed by atoms with Gasteiger partial charge < -0.3 is 15.6 Å². The summed E-state index contributed by atoms with van der Waals surface area (Å²) in [5, 5.41) is 6.60. The number of hydrogen-bond acceptors (Lipinski definition) is 4. The largest absolute Gasteiger partial charge is 0.381 e. The zero-order valence-electron chi connectivity index (χ0n) is 11.1. The van der Waals surface area contributed by atoms with Crippen LogP contribution in [0.25, 0.3) is 0 Å². The van der Waals surface area contributed by atoms with Crippen LogP contribution in [0.5, 0.6) is 0 Å². The number of hydrogen-bond donors (Lipinski definition) is 3. The number of carbonyl (C=O) groups excluding carboxylic acids is 1. The van der Waals surface area contributed by atoms with Crippen molar-refractivity contribution in [1.29, 1.82) is 0 Å². The number of aromatic amines is 1. The minimum absolute atomic E-state index is 0.0791. The molecule has 0 radical (unpaired) electrons. The van der Waals surface area contributed by atoms with Crippen molar-refractivity contribution in [1.82, 2.24) is 10.3 Å². The number of anilines is 1. The molecule has 1 heterocycles. The fourth-order valence-electron chi connectivity index (χ4n) is 1.73. The Bertz CT molecular complexity index is 688. The zero-order chi connectivity index (χ0) is 15.4. The molecule has 3 N–H and O–H groups in total. The molecule has 0 spiro atoms. The van der Waals surface area contributed by atoms with Crippen molar-refractivity contribution in [2.24, 2.45) is 0 Å². The Morgan fingerprint density at radius 3 is 2.52 bits per heavy atom. The second-order valence-corrected chi connectivity index (χ2v) is 5.04. The molecule has 21 heavy (non-hydrogen) atoms. The van der Waals surface area contributed by atoms with E-state index in [1.807, 2.05) is 0 Å². The van der Waals surface area contributed by atoms with Crippen LogP contribution >= 0.6 is 11.3 Å². The van der Waals surface area contributed by atoms with Crippen LogP contribution in [0, 0.1) is 11.6 Å². The van der Waals surface area contributed by atoms with E-state index in [4.69, 9.17) is 0 Å². The Labute approximate surface area is 123 Å². The van der Waals surface area contributed by atoms with E-state index < -0.39 is 17.5 Å². The monoisotopic (exact) mass is 313 g/mol. The molecule has 0 saturated carbocycles. The Balaban J connectivity index is 2.10. The summed E-state index contributed by atoms with van der Waals surface area (Å²) in [7, 11) is 0. The Kier molecular flexibility index (Phi) is 4.69. The fraction of sp³-hybridized carbons (Fsp3) is 0.231. The van der Waals surface area contributed by atoms with Crippen molar-refractivity contribution in [2.75, 3.05) is 11.9 Å². The van der Waals surface area contributed by atoms with Gasteiger partial charge in [-0.1, -0.05) is 11.3 Å². The molecule has 0 aliphatic carbocycles. The van der Waals surface area contributed by atoms with Crippen molar-refractivity contribution in [3.8, 4) is 0 Å². The highest BCUT2D eigenvalue weighted by atomic mass is 32.1. The third-order valence-corrected chi connectivity index (χ3v) is 3.39. The van der Waals surface area contributed by atoms with Gasteiger partial charge in [-0.2, -0.15) is 0 Å². The summed E-state index contributed by atoms with van der Waals surface area (Å²) in [4.78, 5) is 25.1. The van der Waals surface area contributed by atoms with Crippen LogP contribution < -0.4 is 15.5 Å². The van der Waals surface area contributed by atoms with Crippen molar-refractivity contribution >= 4 is 22.9 Å². The zero-order valence-corrected chi connectivity index (χ0v) is 11.9. The molecule has 1 aromatic carbocycles. The molecule has 0 aliphatic rings. The van der Waals surface area contributed by atoms with Gasteiger partial charge in [-0.25, -0.2) is 8.78 Å². The van der Waals surface area contributed by atoms with E-state index in [9.17, 15) is 18.4 Å². The molecule has 8 heteroatoms. The lowest BCUT2D eigenvalue weighted by Crippen LogP contribution is -2.23. The second kappa shape index (κ2) is 6.49. The van der Waals surface area contributed by atoms with Gasteiger partial charge in [-0.05, 0) is 19.1 Å². The molecule has 2 aromatic rings. The first-order chi connectivity index (χ1) is 10.0. The summed E-state index contributed by atoms with van der Waals surface area (Å²) in [5.41, 5.74) is 0.156. The molecule has 112 valence electrons. The van der Waals surface area contributed by atoms with Crippen molar-refractivity contribution < 1.29 is 13.6 Å². The van der Waals surface area contributed by atoms with E-state index in [-0.39, 0.29) is 22.7 Å². The highest BCUT2D eigenvalue weighted by Gasteiger charge is 2.14. The topological polar surface area (TPSA) is 74.0 Å². The second-order valence-electron chi connectivity index (χ2n) is 4.20. The number of amides is 1. The van der Waals surface area contributed by atoms with E-state index in [0.29, 0.717) is 12.2 Å². The quantitative estimate of drug-likeness (QED) is 0.791. The Morgan fingerprint density at radius 1 is 1.33 bits per heavy atom. The summed E-state index contributed by atoms with van der Waals surface area (Å²) >= 11 is 0.974. The predicted octanol–water partition coefficient (Wildman–Crippen LogP) is 2.08. The molecule has 0 saturated heterocycles. The first-order valence-corrected chi connectivity index (χ1v) is 7.07. The maximum Gasteiger partial charge on any atom is 0.304 e. The van der Waals surface area contributed by atoms with Gasteiger partial charge in [0.2, 0.25) is 0 Å². The van der Waals surface area contributed by atoms with Gasteiger partial charge >= 0.3 is 4.87 Å². The number of benzene rings is 1. The van der Waals surface area contributed by atoms with Crippen molar-refractivity contribution in [3.63, 3.8) is 0 Å². The molecule has 5 nitrogen and oxygen atoms in total. The van der Waals surface area contributed by atoms with Crippen LogP contribution in [-0.4, -0.2) is 17.4 Å². The molecular weight excluding hydrogens is 300 g/mol. The van der Waals surface area contributed by atoms with Gasteiger partial charge in [0.25, 0.3) is 5.91 Å². The summed E-state index contributed by atoms with van der Waals surface area (Å²) in [6.45, 7) is 2.15. The van der Waals surface area contributed by atoms with Crippen LogP contribution in [0.3, 0.4) is 0 Å². The normalized spacial score (nSPS) is 10.4. The molecule has 2 rings (SSSR count). The van der Waals surface area contributed by atoms with Crippen LogP contribution in [0.2, 0.25) is 0 Å². The highest BCUT2D eigenvalue weighted by Crippen LogP contribution is 2.20. The lowest BCUT2D eigenvalue weighted by atomic mass is 10.1. The SMILES string of the molecule is CCNc1c(F)cc(C(=O)NCc2csc(=O)[nH]2)cc1F.